The number of nitrogens with zero attached hydrogens (tertiary/aromatic N) is 2. The molecule has 2 heterocycles. The van der Waals surface area contributed by atoms with Gasteiger partial charge in [-0.2, -0.15) is 0 Å². The van der Waals surface area contributed by atoms with Crippen LogP contribution in [0.5, 0.6) is 0 Å². The topological polar surface area (TPSA) is 75.4 Å². The zero-order valence-corrected chi connectivity index (χ0v) is 13.2. The molecule has 1 saturated carbocycles. The van der Waals surface area contributed by atoms with Crippen molar-refractivity contribution >= 4 is 11.8 Å². The van der Waals surface area contributed by atoms with Crippen LogP contribution in [-0.4, -0.2) is 40.8 Å². The number of carbonyl (C=O) groups is 2. The largest absolute Gasteiger partial charge is 0.447 e. The average Bonchev–Trinajstić information content (AvgIpc) is 3.07. The molecule has 6 heteroatoms. The standard InChI is InChI=1S/C16H23N3O3/c1-3-4-12-7-19(8-13(12)18-10(2)20)16(21)14-15(11-5-6-11)22-9-17-14/h9,11-13H,3-8H2,1-2H3,(H,18,20)/t12-,13-/m1/s1. The lowest BCUT2D eigenvalue weighted by Crippen LogP contribution is -2.40. The van der Waals surface area contributed by atoms with Crippen LogP contribution in [0.3, 0.4) is 0 Å². The van der Waals surface area contributed by atoms with E-state index in [4.69, 9.17) is 4.42 Å². The van der Waals surface area contributed by atoms with Crippen LogP contribution in [0.4, 0.5) is 0 Å². The van der Waals surface area contributed by atoms with Gasteiger partial charge in [-0.1, -0.05) is 13.3 Å². The number of rotatable bonds is 5. The third kappa shape index (κ3) is 3.00. The van der Waals surface area contributed by atoms with Crippen molar-refractivity contribution < 1.29 is 14.0 Å². The summed E-state index contributed by atoms with van der Waals surface area (Å²) in [6, 6.07) is 0.0395. The second-order valence-electron chi connectivity index (χ2n) is 6.41. The zero-order valence-electron chi connectivity index (χ0n) is 13.2. The number of aromatic nitrogens is 1. The van der Waals surface area contributed by atoms with Gasteiger partial charge < -0.3 is 14.6 Å². The Morgan fingerprint density at radius 3 is 2.82 bits per heavy atom. The van der Waals surface area contributed by atoms with Crippen molar-refractivity contribution in [2.75, 3.05) is 13.1 Å². The van der Waals surface area contributed by atoms with Gasteiger partial charge in [0, 0.05) is 25.9 Å². The van der Waals surface area contributed by atoms with E-state index in [2.05, 4.69) is 17.2 Å². The lowest BCUT2D eigenvalue weighted by atomic mass is 9.98. The molecule has 2 aliphatic rings. The summed E-state index contributed by atoms with van der Waals surface area (Å²) < 4.78 is 5.41. The normalized spacial score (nSPS) is 24.5. The van der Waals surface area contributed by atoms with Gasteiger partial charge in [-0.3, -0.25) is 9.59 Å². The number of likely N-dealkylation sites (tertiary alicyclic amines) is 1. The lowest BCUT2D eigenvalue weighted by molar-refractivity contribution is -0.119. The first-order chi connectivity index (χ1) is 10.6. The molecule has 2 fully saturated rings. The van der Waals surface area contributed by atoms with Gasteiger partial charge >= 0.3 is 0 Å². The number of oxazole rings is 1. The second kappa shape index (κ2) is 6.10. The van der Waals surface area contributed by atoms with E-state index in [1.165, 1.54) is 13.3 Å². The maximum Gasteiger partial charge on any atom is 0.276 e. The van der Waals surface area contributed by atoms with Crippen molar-refractivity contribution in [3.05, 3.63) is 17.8 Å². The molecule has 0 aromatic carbocycles. The smallest absolute Gasteiger partial charge is 0.276 e. The predicted molar refractivity (Wildman–Crippen MR) is 80.4 cm³/mol. The molecule has 1 N–H and O–H groups in total. The first-order valence-corrected chi connectivity index (χ1v) is 8.09. The summed E-state index contributed by atoms with van der Waals surface area (Å²) in [6.07, 6.45) is 5.56. The van der Waals surface area contributed by atoms with Crippen molar-refractivity contribution in [2.45, 2.75) is 51.5 Å². The highest BCUT2D eigenvalue weighted by Gasteiger charge is 2.39. The maximum absolute atomic E-state index is 12.7. The summed E-state index contributed by atoms with van der Waals surface area (Å²) in [4.78, 5) is 30.0. The highest BCUT2D eigenvalue weighted by Crippen LogP contribution is 2.41. The van der Waals surface area contributed by atoms with Crippen LogP contribution in [0.15, 0.2) is 10.8 Å². The average molecular weight is 305 g/mol. The fourth-order valence-corrected chi connectivity index (χ4v) is 3.33. The van der Waals surface area contributed by atoms with Gasteiger partial charge in [0.25, 0.3) is 5.91 Å². The quantitative estimate of drug-likeness (QED) is 0.902. The summed E-state index contributed by atoms with van der Waals surface area (Å²) in [5.41, 5.74) is 0.459. The number of hydrogen-bond acceptors (Lipinski definition) is 4. The van der Waals surface area contributed by atoms with E-state index in [0.717, 1.165) is 31.4 Å². The minimum Gasteiger partial charge on any atom is -0.447 e. The van der Waals surface area contributed by atoms with Crippen molar-refractivity contribution in [3.63, 3.8) is 0 Å². The molecule has 120 valence electrons. The van der Waals surface area contributed by atoms with Gasteiger partial charge in [-0.05, 0) is 25.2 Å². The van der Waals surface area contributed by atoms with Gasteiger partial charge in [0.05, 0.1) is 6.04 Å². The van der Waals surface area contributed by atoms with Crippen LogP contribution in [0.25, 0.3) is 0 Å². The minimum absolute atomic E-state index is 0.0395. The molecular weight excluding hydrogens is 282 g/mol. The Hall–Kier alpha value is -1.85. The third-order valence-electron chi connectivity index (χ3n) is 4.52. The molecule has 1 saturated heterocycles. The van der Waals surface area contributed by atoms with Gasteiger partial charge in [-0.25, -0.2) is 4.98 Å². The molecule has 1 aromatic rings. The number of carbonyl (C=O) groups excluding carboxylic acids is 2. The Morgan fingerprint density at radius 1 is 1.41 bits per heavy atom. The molecule has 1 aromatic heterocycles. The molecule has 0 spiro atoms. The molecule has 6 nitrogen and oxygen atoms in total. The van der Waals surface area contributed by atoms with E-state index in [1.807, 2.05) is 4.90 Å². The molecule has 0 unspecified atom stereocenters. The Morgan fingerprint density at radius 2 is 2.18 bits per heavy atom. The van der Waals surface area contributed by atoms with Gasteiger partial charge in [0.15, 0.2) is 12.1 Å². The van der Waals surface area contributed by atoms with Crippen molar-refractivity contribution in [1.29, 1.82) is 0 Å². The van der Waals surface area contributed by atoms with Crippen LogP contribution < -0.4 is 5.32 Å². The second-order valence-corrected chi connectivity index (χ2v) is 6.41. The summed E-state index contributed by atoms with van der Waals surface area (Å²) in [7, 11) is 0. The molecule has 2 amide bonds. The zero-order chi connectivity index (χ0) is 15.7. The molecular formula is C16H23N3O3. The van der Waals surface area contributed by atoms with Crippen molar-refractivity contribution in [2.24, 2.45) is 5.92 Å². The number of amides is 2. The van der Waals surface area contributed by atoms with Crippen LogP contribution in [0.2, 0.25) is 0 Å². The first-order valence-electron chi connectivity index (χ1n) is 8.09. The van der Waals surface area contributed by atoms with E-state index in [-0.39, 0.29) is 17.9 Å². The summed E-state index contributed by atoms with van der Waals surface area (Å²) in [5, 5.41) is 2.98. The minimum atomic E-state index is -0.0652. The fraction of sp³-hybridized carbons (Fsp3) is 0.688. The molecule has 0 bridgehead atoms. The predicted octanol–water partition coefficient (Wildman–Crippen LogP) is 1.93. The SMILES string of the molecule is CCC[C@@H]1CN(C(=O)c2ncoc2C2CC2)C[C@H]1NC(C)=O. The van der Waals surface area contributed by atoms with E-state index < -0.39 is 0 Å². The van der Waals surface area contributed by atoms with E-state index in [0.29, 0.717) is 30.6 Å². The van der Waals surface area contributed by atoms with Crippen LogP contribution in [-0.2, 0) is 4.79 Å². The van der Waals surface area contributed by atoms with Crippen LogP contribution >= 0.6 is 0 Å². The lowest BCUT2D eigenvalue weighted by Gasteiger charge is -2.17. The summed E-state index contributed by atoms with van der Waals surface area (Å²) in [5.74, 6) is 1.31. The van der Waals surface area contributed by atoms with E-state index >= 15 is 0 Å². The number of hydrogen-bond donors (Lipinski definition) is 1. The maximum atomic E-state index is 12.7. The highest BCUT2D eigenvalue weighted by atomic mass is 16.3. The Kier molecular flexibility index (Phi) is 4.18. The van der Waals surface area contributed by atoms with Crippen molar-refractivity contribution in [1.82, 2.24) is 15.2 Å². The number of nitrogens with one attached hydrogen (secondary N) is 1. The van der Waals surface area contributed by atoms with Crippen LogP contribution in [0, 0.1) is 5.92 Å². The monoisotopic (exact) mass is 305 g/mol. The summed E-state index contributed by atoms with van der Waals surface area (Å²) >= 11 is 0. The molecule has 22 heavy (non-hydrogen) atoms. The summed E-state index contributed by atoms with van der Waals surface area (Å²) in [6.45, 7) is 4.88. The fourth-order valence-electron chi connectivity index (χ4n) is 3.33. The first kappa shape index (κ1) is 15.1. The molecule has 2 atom stereocenters. The van der Waals surface area contributed by atoms with Crippen molar-refractivity contribution in [3.8, 4) is 0 Å². The molecule has 3 rings (SSSR count). The van der Waals surface area contributed by atoms with E-state index in [1.54, 1.807) is 0 Å². The van der Waals surface area contributed by atoms with Gasteiger partial charge in [0.2, 0.25) is 5.91 Å². The molecule has 0 radical (unpaired) electrons. The molecule has 1 aliphatic carbocycles. The third-order valence-corrected chi connectivity index (χ3v) is 4.52. The van der Waals surface area contributed by atoms with E-state index in [9.17, 15) is 9.59 Å². The Bertz CT molecular complexity index is 565. The molecule has 1 aliphatic heterocycles. The Balaban J connectivity index is 1.72. The van der Waals surface area contributed by atoms with Crippen LogP contribution in [0.1, 0.15) is 61.7 Å². The van der Waals surface area contributed by atoms with Gasteiger partial charge in [-0.15, -0.1) is 0 Å². The van der Waals surface area contributed by atoms with Gasteiger partial charge in [0.1, 0.15) is 5.76 Å². The Labute approximate surface area is 130 Å². The highest BCUT2D eigenvalue weighted by molar-refractivity contribution is 5.93.